The van der Waals surface area contributed by atoms with E-state index in [-0.39, 0.29) is 0 Å². The molecule has 0 saturated carbocycles. The molecular weight excluding hydrogens is 325 g/mol. The molecule has 3 aromatic rings. The third-order valence-electron chi connectivity index (χ3n) is 3.11. The smallest absolute Gasteiger partial charge is 0.130 e. The zero-order valence-electron chi connectivity index (χ0n) is 10.9. The lowest BCUT2D eigenvalue weighted by atomic mass is 10.0. The third kappa shape index (κ3) is 3.38. The van der Waals surface area contributed by atoms with Crippen molar-refractivity contribution >= 4 is 34.8 Å². The van der Waals surface area contributed by atoms with Crippen LogP contribution in [0.4, 0.5) is 0 Å². The van der Waals surface area contributed by atoms with E-state index in [2.05, 4.69) is 4.98 Å². The predicted octanol–water partition coefficient (Wildman–Crippen LogP) is 6.38. The molecule has 1 aromatic heterocycles. The molecule has 1 nitrogen and oxygen atoms in total. The molecule has 0 bridgehead atoms. The summed E-state index contributed by atoms with van der Waals surface area (Å²) in [6, 6.07) is 19.0. The lowest BCUT2D eigenvalue weighted by Gasteiger charge is -2.07. The fourth-order valence-corrected chi connectivity index (χ4v) is 2.54. The molecule has 0 N–H and O–H groups in total. The van der Waals surface area contributed by atoms with Gasteiger partial charge in [-0.2, -0.15) is 0 Å². The number of benzene rings is 2. The van der Waals surface area contributed by atoms with Crippen molar-refractivity contribution in [3.05, 3.63) is 75.9 Å². The summed E-state index contributed by atoms with van der Waals surface area (Å²) in [5.41, 5.74) is 3.82. The minimum absolute atomic E-state index is 0.451. The van der Waals surface area contributed by atoms with E-state index in [0.29, 0.717) is 15.2 Å². The normalized spacial score (nSPS) is 10.6. The quantitative estimate of drug-likeness (QED) is 0.496. The topological polar surface area (TPSA) is 12.9 Å². The second kappa shape index (κ2) is 6.07. The van der Waals surface area contributed by atoms with Crippen LogP contribution in [0.2, 0.25) is 15.2 Å². The first-order chi connectivity index (χ1) is 10.1. The zero-order valence-corrected chi connectivity index (χ0v) is 13.1. The lowest BCUT2D eigenvalue weighted by Crippen LogP contribution is -1.87. The van der Waals surface area contributed by atoms with Crippen molar-refractivity contribution in [3.63, 3.8) is 0 Å². The van der Waals surface area contributed by atoms with Crippen molar-refractivity contribution in [1.82, 2.24) is 4.98 Å². The molecule has 0 aliphatic rings. The molecule has 21 heavy (non-hydrogen) atoms. The van der Waals surface area contributed by atoms with Crippen molar-refractivity contribution in [2.24, 2.45) is 0 Å². The molecule has 0 saturated heterocycles. The monoisotopic (exact) mass is 333 g/mol. The third-order valence-corrected chi connectivity index (χ3v) is 3.81. The van der Waals surface area contributed by atoms with Gasteiger partial charge in [0.05, 0.1) is 5.69 Å². The standard InChI is InChI=1S/C17H10Cl3N/c18-14-5-1-11(2-6-14)13-9-16(21-17(20)10-13)12-3-7-15(19)8-4-12/h1-10H. The van der Waals surface area contributed by atoms with Crippen molar-refractivity contribution in [1.29, 1.82) is 0 Å². The van der Waals surface area contributed by atoms with Gasteiger partial charge in [0.15, 0.2) is 0 Å². The first-order valence-electron chi connectivity index (χ1n) is 6.31. The summed E-state index contributed by atoms with van der Waals surface area (Å²) in [6.07, 6.45) is 0. The van der Waals surface area contributed by atoms with Gasteiger partial charge < -0.3 is 0 Å². The van der Waals surface area contributed by atoms with Crippen molar-refractivity contribution in [3.8, 4) is 22.4 Å². The number of rotatable bonds is 2. The molecule has 0 aliphatic heterocycles. The van der Waals surface area contributed by atoms with Crippen molar-refractivity contribution in [2.75, 3.05) is 0 Å². The van der Waals surface area contributed by atoms with Crippen LogP contribution in [0.15, 0.2) is 60.7 Å². The van der Waals surface area contributed by atoms with E-state index in [1.807, 2.05) is 60.7 Å². The molecule has 0 fully saturated rings. The summed E-state index contributed by atoms with van der Waals surface area (Å²) in [6.45, 7) is 0. The average Bonchev–Trinajstić information content (AvgIpc) is 2.48. The average molecular weight is 335 g/mol. The fraction of sp³-hybridized carbons (Fsp3) is 0. The number of nitrogens with zero attached hydrogens (tertiary/aromatic N) is 1. The maximum Gasteiger partial charge on any atom is 0.130 e. The van der Waals surface area contributed by atoms with E-state index in [9.17, 15) is 0 Å². The molecule has 0 spiro atoms. The number of aromatic nitrogens is 1. The molecule has 104 valence electrons. The van der Waals surface area contributed by atoms with Gasteiger partial charge in [0.1, 0.15) is 5.15 Å². The Morgan fingerprint density at radius 2 is 1.10 bits per heavy atom. The minimum atomic E-state index is 0.451. The van der Waals surface area contributed by atoms with Gasteiger partial charge in [-0.05, 0) is 47.5 Å². The molecule has 0 aliphatic carbocycles. The van der Waals surface area contributed by atoms with E-state index in [0.717, 1.165) is 22.4 Å². The van der Waals surface area contributed by atoms with Gasteiger partial charge in [-0.3, -0.25) is 0 Å². The minimum Gasteiger partial charge on any atom is -0.236 e. The van der Waals surface area contributed by atoms with E-state index < -0.39 is 0 Å². The SMILES string of the molecule is Clc1ccc(-c2cc(Cl)nc(-c3ccc(Cl)cc3)c2)cc1. The lowest BCUT2D eigenvalue weighted by molar-refractivity contribution is 1.32. The molecule has 2 aromatic carbocycles. The van der Waals surface area contributed by atoms with Crippen LogP contribution >= 0.6 is 34.8 Å². The Labute approximate surface area is 138 Å². The second-order valence-electron chi connectivity index (χ2n) is 4.58. The first-order valence-corrected chi connectivity index (χ1v) is 7.45. The highest BCUT2D eigenvalue weighted by Gasteiger charge is 2.06. The van der Waals surface area contributed by atoms with Crippen LogP contribution in [0.3, 0.4) is 0 Å². The van der Waals surface area contributed by atoms with Crippen LogP contribution in [-0.2, 0) is 0 Å². The summed E-state index contributed by atoms with van der Waals surface area (Å²) >= 11 is 18.0. The number of pyridine rings is 1. The van der Waals surface area contributed by atoms with Gasteiger partial charge in [0.25, 0.3) is 0 Å². The molecule has 0 amide bonds. The summed E-state index contributed by atoms with van der Waals surface area (Å²) in [4.78, 5) is 4.37. The molecule has 1 heterocycles. The number of hydrogen-bond acceptors (Lipinski definition) is 1. The van der Waals surface area contributed by atoms with Crippen LogP contribution in [0.1, 0.15) is 0 Å². The zero-order chi connectivity index (χ0) is 14.8. The Morgan fingerprint density at radius 1 is 0.571 bits per heavy atom. The van der Waals surface area contributed by atoms with Crippen LogP contribution in [-0.4, -0.2) is 4.98 Å². The van der Waals surface area contributed by atoms with Crippen LogP contribution in [0.25, 0.3) is 22.4 Å². The highest BCUT2D eigenvalue weighted by atomic mass is 35.5. The maximum absolute atomic E-state index is 6.15. The second-order valence-corrected chi connectivity index (χ2v) is 5.84. The molecule has 3 rings (SSSR count). The molecule has 4 heteroatoms. The van der Waals surface area contributed by atoms with E-state index in [1.54, 1.807) is 0 Å². The van der Waals surface area contributed by atoms with Gasteiger partial charge in [-0.1, -0.05) is 59.1 Å². The highest BCUT2D eigenvalue weighted by Crippen LogP contribution is 2.29. The van der Waals surface area contributed by atoms with Crippen LogP contribution < -0.4 is 0 Å². The molecular formula is C17H10Cl3N. The predicted molar refractivity (Wildman–Crippen MR) is 90.1 cm³/mol. The van der Waals surface area contributed by atoms with Gasteiger partial charge in [0.2, 0.25) is 0 Å². The summed E-state index contributed by atoms with van der Waals surface area (Å²) in [5.74, 6) is 0. The number of halogens is 3. The Hall–Kier alpha value is -1.54. The fourth-order valence-electron chi connectivity index (χ4n) is 2.07. The Kier molecular flexibility index (Phi) is 4.16. The summed E-state index contributed by atoms with van der Waals surface area (Å²) < 4.78 is 0. The Balaban J connectivity index is 2.07. The van der Waals surface area contributed by atoms with Gasteiger partial charge in [0, 0.05) is 15.6 Å². The van der Waals surface area contributed by atoms with Gasteiger partial charge in [-0.25, -0.2) is 4.98 Å². The molecule has 0 unspecified atom stereocenters. The van der Waals surface area contributed by atoms with Gasteiger partial charge >= 0.3 is 0 Å². The van der Waals surface area contributed by atoms with E-state index >= 15 is 0 Å². The van der Waals surface area contributed by atoms with Crippen molar-refractivity contribution in [2.45, 2.75) is 0 Å². The van der Waals surface area contributed by atoms with E-state index in [4.69, 9.17) is 34.8 Å². The van der Waals surface area contributed by atoms with E-state index in [1.165, 1.54) is 0 Å². The largest absolute Gasteiger partial charge is 0.236 e. The Bertz CT molecular complexity index is 701. The number of hydrogen-bond donors (Lipinski definition) is 0. The maximum atomic E-state index is 6.15. The first kappa shape index (κ1) is 14.4. The summed E-state index contributed by atoms with van der Waals surface area (Å²) in [5, 5.41) is 1.85. The molecule has 0 atom stereocenters. The Morgan fingerprint density at radius 3 is 1.67 bits per heavy atom. The van der Waals surface area contributed by atoms with Gasteiger partial charge in [-0.15, -0.1) is 0 Å². The summed E-state index contributed by atoms with van der Waals surface area (Å²) in [7, 11) is 0. The van der Waals surface area contributed by atoms with Crippen molar-refractivity contribution < 1.29 is 0 Å². The van der Waals surface area contributed by atoms with Crippen LogP contribution in [0, 0.1) is 0 Å². The van der Waals surface area contributed by atoms with Crippen LogP contribution in [0.5, 0.6) is 0 Å². The highest BCUT2D eigenvalue weighted by molar-refractivity contribution is 6.31. The molecule has 0 radical (unpaired) electrons.